The molecule has 0 aromatic heterocycles. The molecular weight excluding hydrogens is 444 g/mol. The van der Waals surface area contributed by atoms with Crippen LogP contribution in [0.15, 0.2) is 12.2 Å². The van der Waals surface area contributed by atoms with Gasteiger partial charge in [0.25, 0.3) is 0 Å². The van der Waals surface area contributed by atoms with Gasteiger partial charge in [-0.05, 0) is 38.5 Å². The monoisotopic (exact) mass is 508 g/mol. The van der Waals surface area contributed by atoms with Gasteiger partial charge in [0.15, 0.2) is 0 Å². The van der Waals surface area contributed by atoms with Crippen LogP contribution < -0.4 is 0 Å². The zero-order valence-electron chi connectivity index (χ0n) is 24.7. The van der Waals surface area contributed by atoms with E-state index in [1.165, 1.54) is 141 Å². The van der Waals surface area contributed by atoms with Crippen LogP contribution in [0.1, 0.15) is 181 Å². The number of ether oxygens (including phenoxy) is 2. The lowest BCUT2D eigenvalue weighted by Crippen LogP contribution is -2.09. The highest BCUT2D eigenvalue weighted by molar-refractivity contribution is 5.59. The fourth-order valence-corrected chi connectivity index (χ4v) is 4.65. The van der Waals surface area contributed by atoms with Gasteiger partial charge in [0.2, 0.25) is 0 Å². The first kappa shape index (κ1) is 35.0. The Balaban J connectivity index is 3.18. The standard InChI is InChI=1S/C33H64O3/c1-3-5-7-9-11-13-15-17-19-21-23-25-27-29-31-35-33(34)36-32-30-28-26-24-22-20-18-16-14-12-10-8-6-4-2/h13,15H,3-12,14,16-32H2,1-2H3/b15-13-. The minimum absolute atomic E-state index is 0.480. The molecule has 0 aromatic carbocycles. The molecule has 0 aromatic rings. The molecule has 0 unspecified atom stereocenters. The van der Waals surface area contributed by atoms with E-state index in [0.29, 0.717) is 13.2 Å². The molecule has 0 spiro atoms. The lowest BCUT2D eigenvalue weighted by Gasteiger charge is -2.06. The van der Waals surface area contributed by atoms with Gasteiger partial charge in [-0.1, -0.05) is 154 Å². The zero-order chi connectivity index (χ0) is 26.2. The Morgan fingerprint density at radius 2 is 0.694 bits per heavy atom. The van der Waals surface area contributed by atoms with Crippen LogP contribution in [0, 0.1) is 0 Å². The summed E-state index contributed by atoms with van der Waals surface area (Å²) < 4.78 is 10.4. The Kier molecular flexibility index (Phi) is 31.2. The van der Waals surface area contributed by atoms with Crippen LogP contribution in [0.5, 0.6) is 0 Å². The quantitative estimate of drug-likeness (QED) is 0.0572. The first-order chi connectivity index (χ1) is 17.8. The zero-order valence-corrected chi connectivity index (χ0v) is 24.7. The molecule has 0 amide bonds. The van der Waals surface area contributed by atoms with E-state index in [2.05, 4.69) is 26.0 Å². The summed E-state index contributed by atoms with van der Waals surface area (Å²) in [6, 6.07) is 0. The summed E-state index contributed by atoms with van der Waals surface area (Å²) in [5.41, 5.74) is 0. The molecule has 0 fully saturated rings. The van der Waals surface area contributed by atoms with Crippen molar-refractivity contribution in [3.8, 4) is 0 Å². The minimum atomic E-state index is -0.480. The second-order valence-corrected chi connectivity index (χ2v) is 10.8. The molecule has 0 bridgehead atoms. The average molecular weight is 509 g/mol. The topological polar surface area (TPSA) is 35.5 Å². The van der Waals surface area contributed by atoms with Crippen molar-refractivity contribution >= 4 is 6.16 Å². The molecule has 0 radical (unpaired) electrons. The van der Waals surface area contributed by atoms with E-state index in [-0.39, 0.29) is 0 Å². The third-order valence-corrected chi connectivity index (χ3v) is 7.09. The molecule has 0 N–H and O–H groups in total. The summed E-state index contributed by atoms with van der Waals surface area (Å²) in [7, 11) is 0. The lowest BCUT2D eigenvalue weighted by atomic mass is 10.0. The van der Waals surface area contributed by atoms with Gasteiger partial charge in [0, 0.05) is 0 Å². The van der Waals surface area contributed by atoms with Crippen LogP contribution in [0.2, 0.25) is 0 Å². The first-order valence-corrected chi connectivity index (χ1v) is 16.3. The molecule has 0 rings (SSSR count). The van der Waals surface area contributed by atoms with E-state index >= 15 is 0 Å². The normalized spacial score (nSPS) is 11.4. The molecule has 0 heterocycles. The average Bonchev–Trinajstić information content (AvgIpc) is 2.88. The molecule has 0 saturated heterocycles. The maximum atomic E-state index is 11.7. The number of rotatable bonds is 29. The van der Waals surface area contributed by atoms with Crippen LogP contribution in [0.3, 0.4) is 0 Å². The van der Waals surface area contributed by atoms with Gasteiger partial charge in [0.1, 0.15) is 0 Å². The maximum absolute atomic E-state index is 11.7. The summed E-state index contributed by atoms with van der Waals surface area (Å²) in [4.78, 5) is 11.7. The van der Waals surface area contributed by atoms with Crippen molar-refractivity contribution in [2.24, 2.45) is 0 Å². The third-order valence-electron chi connectivity index (χ3n) is 7.09. The molecule has 36 heavy (non-hydrogen) atoms. The molecule has 0 saturated carbocycles. The largest absolute Gasteiger partial charge is 0.508 e. The Hall–Kier alpha value is -0.990. The number of unbranched alkanes of at least 4 members (excludes halogenated alkanes) is 23. The number of carbonyl (C=O) groups is 1. The highest BCUT2D eigenvalue weighted by Crippen LogP contribution is 2.13. The van der Waals surface area contributed by atoms with Gasteiger partial charge in [-0.15, -0.1) is 0 Å². The van der Waals surface area contributed by atoms with Crippen LogP contribution in [0.4, 0.5) is 4.79 Å². The minimum Gasteiger partial charge on any atom is -0.434 e. The van der Waals surface area contributed by atoms with Gasteiger partial charge in [-0.3, -0.25) is 0 Å². The fraction of sp³-hybridized carbons (Fsp3) is 0.909. The van der Waals surface area contributed by atoms with Crippen LogP contribution in [0.25, 0.3) is 0 Å². The molecule has 3 heteroatoms. The summed E-state index contributed by atoms with van der Waals surface area (Å²) in [5, 5.41) is 0. The van der Waals surface area contributed by atoms with Crippen molar-refractivity contribution in [1.82, 2.24) is 0 Å². The SMILES string of the molecule is CCCCCC/C=C\CCCCCCCCOC(=O)OCCCCCCCCCCCCCCCC. The Bertz CT molecular complexity index is 446. The number of allylic oxidation sites excluding steroid dienone is 2. The van der Waals surface area contributed by atoms with Crippen molar-refractivity contribution < 1.29 is 14.3 Å². The van der Waals surface area contributed by atoms with Gasteiger partial charge >= 0.3 is 6.16 Å². The van der Waals surface area contributed by atoms with Crippen molar-refractivity contribution in [1.29, 1.82) is 0 Å². The summed E-state index contributed by atoms with van der Waals surface area (Å²) in [5.74, 6) is 0. The van der Waals surface area contributed by atoms with E-state index in [4.69, 9.17) is 9.47 Å². The maximum Gasteiger partial charge on any atom is 0.508 e. The molecular formula is C33H64O3. The summed E-state index contributed by atoms with van der Waals surface area (Å²) in [6.45, 7) is 5.55. The molecule has 0 aliphatic heterocycles. The summed E-state index contributed by atoms with van der Waals surface area (Å²) >= 11 is 0. The van der Waals surface area contributed by atoms with Crippen LogP contribution in [-0.2, 0) is 9.47 Å². The Morgan fingerprint density at radius 3 is 1.06 bits per heavy atom. The van der Waals surface area contributed by atoms with Crippen molar-refractivity contribution in [3.05, 3.63) is 12.2 Å². The first-order valence-electron chi connectivity index (χ1n) is 16.3. The predicted octanol–water partition coefficient (Wildman–Crippen LogP) is 11.9. The number of hydrogen-bond donors (Lipinski definition) is 0. The van der Waals surface area contributed by atoms with E-state index in [1.54, 1.807) is 0 Å². The second kappa shape index (κ2) is 32.0. The van der Waals surface area contributed by atoms with Gasteiger partial charge in [-0.25, -0.2) is 4.79 Å². The number of carbonyl (C=O) groups excluding carboxylic acids is 1. The van der Waals surface area contributed by atoms with Gasteiger partial charge in [-0.2, -0.15) is 0 Å². The summed E-state index contributed by atoms with van der Waals surface area (Å²) in [6.07, 6.45) is 38.1. The molecule has 0 aliphatic rings. The van der Waals surface area contributed by atoms with Crippen LogP contribution >= 0.6 is 0 Å². The molecule has 3 nitrogen and oxygen atoms in total. The highest BCUT2D eigenvalue weighted by Gasteiger charge is 2.03. The number of hydrogen-bond acceptors (Lipinski definition) is 3. The smallest absolute Gasteiger partial charge is 0.434 e. The van der Waals surface area contributed by atoms with E-state index in [1.807, 2.05) is 0 Å². The molecule has 214 valence electrons. The van der Waals surface area contributed by atoms with E-state index < -0.39 is 6.16 Å². The molecule has 0 atom stereocenters. The second-order valence-electron chi connectivity index (χ2n) is 10.8. The Labute approximate surface area is 226 Å². The van der Waals surface area contributed by atoms with Crippen molar-refractivity contribution in [2.45, 2.75) is 181 Å². The molecule has 0 aliphatic carbocycles. The van der Waals surface area contributed by atoms with Gasteiger partial charge in [0.05, 0.1) is 13.2 Å². The van der Waals surface area contributed by atoms with Gasteiger partial charge < -0.3 is 9.47 Å². The van der Waals surface area contributed by atoms with Crippen LogP contribution in [-0.4, -0.2) is 19.4 Å². The third kappa shape index (κ3) is 31.0. The van der Waals surface area contributed by atoms with Crippen molar-refractivity contribution in [2.75, 3.05) is 13.2 Å². The lowest BCUT2D eigenvalue weighted by molar-refractivity contribution is 0.0529. The van der Waals surface area contributed by atoms with E-state index in [9.17, 15) is 4.79 Å². The predicted molar refractivity (Wildman–Crippen MR) is 158 cm³/mol. The van der Waals surface area contributed by atoms with Crippen molar-refractivity contribution in [3.63, 3.8) is 0 Å². The highest BCUT2D eigenvalue weighted by atomic mass is 16.7. The Morgan fingerprint density at radius 1 is 0.417 bits per heavy atom. The fourth-order valence-electron chi connectivity index (χ4n) is 4.65. The van der Waals surface area contributed by atoms with E-state index in [0.717, 1.165) is 25.7 Å².